The highest BCUT2D eigenvalue weighted by Crippen LogP contribution is 2.19. The minimum Gasteiger partial charge on any atom is -0.362 e. The number of hydrogen-bond acceptors (Lipinski definition) is 4. The Morgan fingerprint density at radius 2 is 2.00 bits per heavy atom. The molecule has 0 aliphatic carbocycles. The molecule has 0 fully saturated rings. The van der Waals surface area contributed by atoms with Crippen molar-refractivity contribution < 1.29 is 9.18 Å². The van der Waals surface area contributed by atoms with Crippen molar-refractivity contribution >= 4 is 11.7 Å². The summed E-state index contributed by atoms with van der Waals surface area (Å²) >= 11 is 0. The molecule has 21 heavy (non-hydrogen) atoms. The van der Waals surface area contributed by atoms with Gasteiger partial charge in [0.15, 0.2) is 5.69 Å². The molecule has 2 aromatic rings. The zero-order chi connectivity index (χ0) is 15.4. The maximum Gasteiger partial charge on any atom is 0.271 e. The molecule has 1 amide bonds. The van der Waals surface area contributed by atoms with E-state index < -0.39 is 0 Å². The zero-order valence-corrected chi connectivity index (χ0v) is 12.1. The van der Waals surface area contributed by atoms with Crippen molar-refractivity contribution in [3.63, 3.8) is 0 Å². The summed E-state index contributed by atoms with van der Waals surface area (Å²) in [6.07, 6.45) is 0. The average molecular weight is 288 g/mol. The highest BCUT2D eigenvalue weighted by atomic mass is 19.1. The van der Waals surface area contributed by atoms with E-state index in [1.54, 1.807) is 25.1 Å². The molecule has 2 rings (SSSR count). The molecule has 1 atom stereocenters. The molecular formula is C15H17FN4O. The van der Waals surface area contributed by atoms with E-state index in [0.29, 0.717) is 11.4 Å². The van der Waals surface area contributed by atoms with Gasteiger partial charge in [0.1, 0.15) is 11.6 Å². The number of aryl methyl sites for hydroxylation is 1. The minimum atomic E-state index is -0.289. The molecule has 0 saturated heterocycles. The molecule has 0 aliphatic heterocycles. The van der Waals surface area contributed by atoms with Gasteiger partial charge in [-0.05, 0) is 43.2 Å². The Hall–Kier alpha value is -2.50. The summed E-state index contributed by atoms with van der Waals surface area (Å²) in [5.41, 5.74) is 1.67. The van der Waals surface area contributed by atoms with Crippen molar-refractivity contribution in [3.05, 3.63) is 53.0 Å². The maximum atomic E-state index is 13.6. The summed E-state index contributed by atoms with van der Waals surface area (Å²) in [5, 5.41) is 13.4. The van der Waals surface area contributed by atoms with E-state index in [1.807, 2.05) is 13.0 Å². The van der Waals surface area contributed by atoms with E-state index in [2.05, 4.69) is 20.8 Å². The third kappa shape index (κ3) is 3.53. The van der Waals surface area contributed by atoms with Crippen molar-refractivity contribution in [1.82, 2.24) is 15.5 Å². The van der Waals surface area contributed by atoms with Gasteiger partial charge in [-0.3, -0.25) is 4.79 Å². The van der Waals surface area contributed by atoms with Gasteiger partial charge in [-0.15, -0.1) is 10.2 Å². The summed E-state index contributed by atoms with van der Waals surface area (Å²) in [6.45, 7) is 3.62. The number of anilines is 1. The van der Waals surface area contributed by atoms with E-state index in [0.717, 1.165) is 5.56 Å². The lowest BCUT2D eigenvalue weighted by atomic mass is 10.1. The Kier molecular flexibility index (Phi) is 4.47. The first-order valence-electron chi connectivity index (χ1n) is 6.59. The number of carbonyl (C=O) groups excluding carboxylic acids is 1. The number of amides is 1. The summed E-state index contributed by atoms with van der Waals surface area (Å²) < 4.78 is 13.6. The molecule has 0 saturated carbocycles. The molecule has 1 aromatic heterocycles. The van der Waals surface area contributed by atoms with E-state index in [-0.39, 0.29) is 23.5 Å². The number of nitrogens with one attached hydrogen (secondary N) is 2. The van der Waals surface area contributed by atoms with Crippen LogP contribution in [0.25, 0.3) is 0 Å². The van der Waals surface area contributed by atoms with Crippen LogP contribution in [0.2, 0.25) is 0 Å². The van der Waals surface area contributed by atoms with Crippen molar-refractivity contribution in [1.29, 1.82) is 0 Å². The minimum absolute atomic E-state index is 0.125. The van der Waals surface area contributed by atoms with Gasteiger partial charge in [0.2, 0.25) is 0 Å². The fourth-order valence-corrected chi connectivity index (χ4v) is 1.84. The summed E-state index contributed by atoms with van der Waals surface area (Å²) in [4.78, 5) is 11.4. The number of rotatable bonds is 4. The van der Waals surface area contributed by atoms with Crippen LogP contribution in [0.4, 0.5) is 10.2 Å². The monoisotopic (exact) mass is 288 g/mol. The topological polar surface area (TPSA) is 66.9 Å². The van der Waals surface area contributed by atoms with Crippen molar-refractivity contribution in [2.45, 2.75) is 19.9 Å². The average Bonchev–Trinajstić information content (AvgIpc) is 2.50. The Bertz CT molecular complexity index is 643. The molecule has 1 heterocycles. The lowest BCUT2D eigenvalue weighted by molar-refractivity contribution is 0.0957. The van der Waals surface area contributed by atoms with E-state index in [4.69, 9.17) is 0 Å². The maximum absolute atomic E-state index is 13.6. The van der Waals surface area contributed by atoms with E-state index in [1.165, 1.54) is 13.1 Å². The normalized spacial score (nSPS) is 11.8. The molecule has 0 bridgehead atoms. The van der Waals surface area contributed by atoms with Crippen LogP contribution < -0.4 is 10.6 Å². The van der Waals surface area contributed by atoms with Gasteiger partial charge in [-0.25, -0.2) is 4.39 Å². The van der Waals surface area contributed by atoms with Crippen LogP contribution in [0.3, 0.4) is 0 Å². The van der Waals surface area contributed by atoms with E-state index >= 15 is 0 Å². The van der Waals surface area contributed by atoms with E-state index in [9.17, 15) is 9.18 Å². The second-order valence-electron chi connectivity index (χ2n) is 4.76. The second-order valence-corrected chi connectivity index (χ2v) is 4.76. The third-order valence-corrected chi connectivity index (χ3v) is 3.18. The van der Waals surface area contributed by atoms with Crippen LogP contribution in [0.5, 0.6) is 0 Å². The predicted octanol–water partition coefficient (Wildman–Crippen LogP) is 2.46. The standard InChI is InChI=1S/C15H17FN4O/c1-9-4-5-11(8-12(9)16)10(2)18-14-7-6-13(19-20-14)15(21)17-3/h4-8,10H,1-3H3,(H,17,21)(H,18,20). The number of benzene rings is 1. The van der Waals surface area contributed by atoms with Gasteiger partial charge in [0.25, 0.3) is 5.91 Å². The van der Waals surface area contributed by atoms with Crippen LogP contribution in [0, 0.1) is 12.7 Å². The fraction of sp³-hybridized carbons (Fsp3) is 0.267. The summed E-state index contributed by atoms with van der Waals surface area (Å²) in [7, 11) is 1.53. The van der Waals surface area contributed by atoms with Crippen LogP contribution in [-0.2, 0) is 0 Å². The quantitative estimate of drug-likeness (QED) is 0.907. The van der Waals surface area contributed by atoms with Crippen LogP contribution >= 0.6 is 0 Å². The lowest BCUT2D eigenvalue weighted by Gasteiger charge is -2.15. The first-order valence-corrected chi connectivity index (χ1v) is 6.59. The largest absolute Gasteiger partial charge is 0.362 e. The number of nitrogens with zero attached hydrogens (tertiary/aromatic N) is 2. The summed E-state index contributed by atoms with van der Waals surface area (Å²) in [6, 6.07) is 8.22. The van der Waals surface area contributed by atoms with Crippen LogP contribution in [0.15, 0.2) is 30.3 Å². The molecule has 0 spiro atoms. The molecule has 2 N–H and O–H groups in total. The van der Waals surface area contributed by atoms with Gasteiger partial charge in [0.05, 0.1) is 6.04 Å². The zero-order valence-electron chi connectivity index (χ0n) is 12.1. The highest BCUT2D eigenvalue weighted by Gasteiger charge is 2.10. The Morgan fingerprint density at radius 3 is 2.57 bits per heavy atom. The number of halogens is 1. The second kappa shape index (κ2) is 6.30. The van der Waals surface area contributed by atoms with Crippen LogP contribution in [-0.4, -0.2) is 23.2 Å². The van der Waals surface area contributed by atoms with Crippen molar-refractivity contribution in [2.24, 2.45) is 0 Å². The molecular weight excluding hydrogens is 271 g/mol. The van der Waals surface area contributed by atoms with Crippen LogP contribution in [0.1, 0.15) is 34.6 Å². The fourth-order valence-electron chi connectivity index (χ4n) is 1.84. The van der Waals surface area contributed by atoms with Crippen molar-refractivity contribution in [2.75, 3.05) is 12.4 Å². The number of hydrogen-bond donors (Lipinski definition) is 2. The molecule has 5 nitrogen and oxygen atoms in total. The van der Waals surface area contributed by atoms with Gasteiger partial charge < -0.3 is 10.6 Å². The number of aromatic nitrogens is 2. The molecule has 110 valence electrons. The van der Waals surface area contributed by atoms with Gasteiger partial charge >= 0.3 is 0 Å². The Labute approximate surface area is 122 Å². The van der Waals surface area contributed by atoms with Crippen molar-refractivity contribution in [3.8, 4) is 0 Å². The Morgan fingerprint density at radius 1 is 1.24 bits per heavy atom. The lowest BCUT2D eigenvalue weighted by Crippen LogP contribution is -2.20. The van der Waals surface area contributed by atoms with Gasteiger partial charge in [0, 0.05) is 7.05 Å². The third-order valence-electron chi connectivity index (χ3n) is 3.18. The number of carbonyl (C=O) groups is 1. The first kappa shape index (κ1) is 14.9. The smallest absolute Gasteiger partial charge is 0.271 e. The molecule has 1 aromatic carbocycles. The molecule has 1 unspecified atom stereocenters. The van der Waals surface area contributed by atoms with Gasteiger partial charge in [-0.1, -0.05) is 12.1 Å². The Balaban J connectivity index is 2.10. The first-order chi connectivity index (χ1) is 10.0. The molecule has 0 radical (unpaired) electrons. The van der Waals surface area contributed by atoms with Gasteiger partial charge in [-0.2, -0.15) is 0 Å². The summed E-state index contributed by atoms with van der Waals surface area (Å²) in [5.74, 6) is 0.000962. The predicted molar refractivity (Wildman–Crippen MR) is 78.6 cm³/mol. The highest BCUT2D eigenvalue weighted by molar-refractivity contribution is 5.91. The SMILES string of the molecule is CNC(=O)c1ccc(NC(C)c2ccc(C)c(F)c2)nn1. The molecule has 0 aliphatic rings. The molecule has 6 heteroatoms.